The average Bonchev–Trinajstić information content (AvgIpc) is 3.03. The Bertz CT molecular complexity index is 951. The van der Waals surface area contributed by atoms with Gasteiger partial charge in [-0.3, -0.25) is 0 Å². The molecule has 0 radical (unpaired) electrons. The predicted molar refractivity (Wildman–Crippen MR) is 95.8 cm³/mol. The van der Waals surface area contributed by atoms with Gasteiger partial charge >= 0.3 is 0 Å². The molecule has 0 atom stereocenters. The first-order chi connectivity index (χ1) is 11.7. The highest BCUT2D eigenvalue weighted by Gasteiger charge is 2.19. The summed E-state index contributed by atoms with van der Waals surface area (Å²) >= 11 is 0. The molecule has 132 valence electrons. The van der Waals surface area contributed by atoms with Crippen LogP contribution in [0.4, 0.5) is 0 Å². The molecule has 3 rings (SSSR count). The van der Waals surface area contributed by atoms with Gasteiger partial charge in [-0.05, 0) is 59.7 Å². The lowest BCUT2D eigenvalue weighted by Gasteiger charge is -2.09. The van der Waals surface area contributed by atoms with Crippen molar-refractivity contribution in [2.45, 2.75) is 29.2 Å². The Hall–Kier alpha value is -2.03. The highest BCUT2D eigenvalue weighted by molar-refractivity contribution is 7.90. The molecule has 0 fully saturated rings. The number of sulfone groups is 1. The first-order valence-corrected chi connectivity index (χ1v) is 11.1. The highest BCUT2D eigenvalue weighted by Crippen LogP contribution is 2.39. The van der Waals surface area contributed by atoms with Gasteiger partial charge in [0.05, 0.1) is 4.90 Å². The van der Waals surface area contributed by atoms with Crippen molar-refractivity contribution in [3.05, 3.63) is 53.7 Å². The van der Waals surface area contributed by atoms with E-state index in [9.17, 15) is 16.8 Å². The number of pyridine rings is 1. The van der Waals surface area contributed by atoms with E-state index in [0.29, 0.717) is 0 Å². The van der Waals surface area contributed by atoms with E-state index in [0.717, 1.165) is 47.8 Å². The second-order valence-electron chi connectivity index (χ2n) is 6.04. The van der Waals surface area contributed by atoms with Gasteiger partial charge in [0.1, 0.15) is 0 Å². The van der Waals surface area contributed by atoms with Crippen molar-refractivity contribution in [1.29, 1.82) is 0 Å². The molecule has 0 saturated heterocycles. The van der Waals surface area contributed by atoms with Crippen molar-refractivity contribution < 1.29 is 16.8 Å². The van der Waals surface area contributed by atoms with E-state index in [-0.39, 0.29) is 9.92 Å². The number of hydrogen-bond acceptors (Lipinski definition) is 5. The number of allylic oxidation sites excluding steroid dienone is 2. The molecule has 1 aromatic carbocycles. The minimum atomic E-state index is -3.71. The first kappa shape index (κ1) is 17.8. The number of rotatable bonds is 4. The number of benzene rings is 1. The predicted octanol–water partition coefficient (Wildman–Crippen LogP) is 2.23. The summed E-state index contributed by atoms with van der Waals surface area (Å²) in [7, 11) is -7.03. The molecule has 6 nitrogen and oxygen atoms in total. The molecule has 0 amide bonds. The third kappa shape index (κ3) is 3.81. The Morgan fingerprint density at radius 2 is 1.44 bits per heavy atom. The van der Waals surface area contributed by atoms with Crippen LogP contribution >= 0.6 is 0 Å². The summed E-state index contributed by atoms with van der Waals surface area (Å²) in [6.45, 7) is 0. The second-order valence-corrected chi connectivity index (χ2v) is 9.56. The molecular weight excluding hydrogens is 360 g/mol. The van der Waals surface area contributed by atoms with Gasteiger partial charge in [-0.2, -0.15) is 0 Å². The molecule has 0 saturated carbocycles. The van der Waals surface area contributed by atoms with Gasteiger partial charge in [-0.25, -0.2) is 27.0 Å². The molecule has 25 heavy (non-hydrogen) atoms. The average molecular weight is 378 g/mol. The summed E-state index contributed by atoms with van der Waals surface area (Å²) in [4.78, 5) is 4.13. The molecule has 2 N–H and O–H groups in total. The van der Waals surface area contributed by atoms with Gasteiger partial charge in [-0.15, -0.1) is 0 Å². The molecular formula is C17H18N2O4S2. The number of aromatic nitrogens is 1. The smallest absolute Gasteiger partial charge is 0.238 e. The highest BCUT2D eigenvalue weighted by atomic mass is 32.2. The number of hydrogen-bond donors (Lipinski definition) is 1. The summed E-state index contributed by atoms with van der Waals surface area (Å²) in [6, 6.07) is 9.77. The van der Waals surface area contributed by atoms with E-state index in [1.807, 2.05) is 0 Å². The van der Waals surface area contributed by atoms with Crippen LogP contribution in [0, 0.1) is 0 Å². The quantitative estimate of drug-likeness (QED) is 0.878. The van der Waals surface area contributed by atoms with Crippen LogP contribution in [0.1, 0.15) is 30.4 Å². The molecule has 8 heteroatoms. The number of nitrogens with two attached hydrogens (primary N) is 1. The van der Waals surface area contributed by atoms with Gasteiger partial charge < -0.3 is 0 Å². The molecule has 2 aromatic rings. The van der Waals surface area contributed by atoms with Gasteiger partial charge in [0, 0.05) is 12.5 Å². The zero-order valence-electron chi connectivity index (χ0n) is 13.6. The van der Waals surface area contributed by atoms with Gasteiger partial charge in [0.15, 0.2) is 14.9 Å². The van der Waals surface area contributed by atoms with Crippen molar-refractivity contribution in [2.24, 2.45) is 5.14 Å². The minimum Gasteiger partial charge on any atom is -0.244 e. The Labute approximate surface area is 147 Å². The lowest BCUT2D eigenvalue weighted by atomic mass is 9.98. The number of nitrogens with zero attached hydrogens (tertiary/aromatic N) is 1. The number of primary sulfonamides is 1. The zero-order valence-corrected chi connectivity index (χ0v) is 15.3. The van der Waals surface area contributed by atoms with E-state index in [4.69, 9.17) is 5.14 Å². The molecule has 1 aliphatic rings. The lowest BCUT2D eigenvalue weighted by molar-refractivity contribution is 0.596. The Morgan fingerprint density at radius 3 is 1.92 bits per heavy atom. The summed E-state index contributed by atoms with van der Waals surface area (Å²) in [5, 5.41) is 5.18. The normalized spacial score (nSPS) is 15.6. The van der Waals surface area contributed by atoms with Crippen LogP contribution in [0.3, 0.4) is 0 Å². The summed E-state index contributed by atoms with van der Waals surface area (Å²) < 4.78 is 45.8. The van der Waals surface area contributed by atoms with Crippen molar-refractivity contribution in [3.63, 3.8) is 0 Å². The van der Waals surface area contributed by atoms with Crippen LogP contribution in [0.5, 0.6) is 0 Å². The largest absolute Gasteiger partial charge is 0.244 e. The Kier molecular flexibility index (Phi) is 4.52. The molecule has 1 heterocycles. The third-order valence-corrected chi connectivity index (χ3v) is 6.14. The minimum absolute atomic E-state index is 0.0499. The number of sulfonamides is 1. The van der Waals surface area contributed by atoms with Crippen LogP contribution in [0.15, 0.2) is 52.5 Å². The van der Waals surface area contributed by atoms with Gasteiger partial charge in [0.25, 0.3) is 0 Å². The fourth-order valence-corrected chi connectivity index (χ4v) is 4.08. The second kappa shape index (κ2) is 6.36. The monoisotopic (exact) mass is 378 g/mol. The van der Waals surface area contributed by atoms with Crippen LogP contribution < -0.4 is 5.14 Å². The maximum absolute atomic E-state index is 11.5. The van der Waals surface area contributed by atoms with E-state index >= 15 is 0 Å². The maximum atomic E-state index is 11.5. The molecule has 1 aromatic heterocycles. The molecule has 1 aliphatic carbocycles. The van der Waals surface area contributed by atoms with E-state index in [1.54, 1.807) is 24.4 Å². The van der Waals surface area contributed by atoms with E-state index in [1.165, 1.54) is 18.2 Å². The molecule has 0 unspecified atom stereocenters. The Balaban J connectivity index is 2.00. The van der Waals surface area contributed by atoms with Crippen LogP contribution in [0.2, 0.25) is 0 Å². The maximum Gasteiger partial charge on any atom is 0.238 e. The van der Waals surface area contributed by atoms with Crippen LogP contribution in [-0.4, -0.2) is 28.1 Å². The fraction of sp³-hybridized carbons (Fsp3) is 0.235. The Morgan fingerprint density at radius 1 is 0.880 bits per heavy atom. The lowest BCUT2D eigenvalue weighted by Crippen LogP contribution is -2.11. The van der Waals surface area contributed by atoms with E-state index in [2.05, 4.69) is 4.98 Å². The molecule has 0 bridgehead atoms. The fourth-order valence-electron chi connectivity index (χ4n) is 3.00. The summed E-state index contributed by atoms with van der Waals surface area (Å²) in [5.74, 6) is 0. The SMILES string of the molecule is CS(=O)(=O)c1ccc(C2=C(c3ccc(S(N)(=O)=O)cc3)CCC2)cn1. The van der Waals surface area contributed by atoms with E-state index < -0.39 is 19.9 Å². The summed E-state index contributed by atoms with van der Waals surface area (Å²) in [6.07, 6.45) is 5.43. The third-order valence-electron chi connectivity index (χ3n) is 4.21. The van der Waals surface area contributed by atoms with Gasteiger partial charge in [0.2, 0.25) is 10.0 Å². The van der Waals surface area contributed by atoms with Crippen molar-refractivity contribution >= 4 is 31.0 Å². The molecule has 0 spiro atoms. The summed E-state index contributed by atoms with van der Waals surface area (Å²) in [5.41, 5.74) is 4.05. The molecule has 0 aliphatic heterocycles. The topological polar surface area (TPSA) is 107 Å². The van der Waals surface area contributed by atoms with Crippen molar-refractivity contribution in [1.82, 2.24) is 4.98 Å². The van der Waals surface area contributed by atoms with Crippen molar-refractivity contribution in [2.75, 3.05) is 6.26 Å². The van der Waals surface area contributed by atoms with Crippen LogP contribution in [0.25, 0.3) is 11.1 Å². The van der Waals surface area contributed by atoms with Crippen molar-refractivity contribution in [3.8, 4) is 0 Å². The van der Waals surface area contributed by atoms with Crippen LogP contribution in [-0.2, 0) is 19.9 Å². The zero-order chi connectivity index (χ0) is 18.2. The standard InChI is InChI=1S/C17H18N2O4S2/c1-24(20,21)17-10-7-13(11-19-17)16-4-2-3-15(16)12-5-8-14(9-6-12)25(18,22)23/h5-11H,2-4H2,1H3,(H2,18,22,23). The van der Waals surface area contributed by atoms with Gasteiger partial charge in [-0.1, -0.05) is 18.2 Å². The first-order valence-electron chi connectivity index (χ1n) is 7.68.